The third-order valence-corrected chi connectivity index (χ3v) is 10.8. The second kappa shape index (κ2) is 8.70. The third kappa shape index (κ3) is 4.17. The first-order valence-electron chi connectivity index (χ1n) is 12.4. The van der Waals surface area contributed by atoms with Crippen molar-refractivity contribution in [2.24, 2.45) is 17.0 Å². The highest BCUT2D eigenvalue weighted by molar-refractivity contribution is 9.10. The van der Waals surface area contributed by atoms with E-state index < -0.39 is 20.9 Å². The van der Waals surface area contributed by atoms with Gasteiger partial charge in [0.25, 0.3) is 0 Å². The fourth-order valence-corrected chi connectivity index (χ4v) is 8.42. The van der Waals surface area contributed by atoms with Crippen molar-refractivity contribution in [3.63, 3.8) is 0 Å². The van der Waals surface area contributed by atoms with Crippen LogP contribution in [0.1, 0.15) is 67.4 Å². The fraction of sp³-hybridized carbons (Fsp3) is 0.556. The number of halogens is 1. The van der Waals surface area contributed by atoms with E-state index in [4.69, 9.17) is 5.14 Å². The molecule has 0 aromatic heterocycles. The molecule has 2 saturated carbocycles. The predicted octanol–water partition coefficient (Wildman–Crippen LogP) is 4.71. The van der Waals surface area contributed by atoms with Gasteiger partial charge in [-0.2, -0.15) is 0 Å². The van der Waals surface area contributed by atoms with Crippen LogP contribution in [0.25, 0.3) is 0 Å². The van der Waals surface area contributed by atoms with Crippen LogP contribution in [-0.2, 0) is 15.4 Å². The molecule has 5 nitrogen and oxygen atoms in total. The number of hydrogen-bond acceptors (Lipinski definition) is 4. The largest absolute Gasteiger partial charge is 0.389 e. The van der Waals surface area contributed by atoms with Crippen LogP contribution < -0.4 is 5.14 Å². The van der Waals surface area contributed by atoms with Gasteiger partial charge in [-0.3, -0.25) is 4.90 Å². The standard InChI is InChI=1S/C27H35BrN2O3S/c1-3-25(34(29,32)33)19-6-5-7-21(12-19)27(4-2)23-15-30(16-24(23)27)17-26(31)13-20(14-26)18-8-10-22(28)11-9-18/h5-12,20,23-25,31H,3-4,13-17H2,1-2H3,(H2,29,32,33). The van der Waals surface area contributed by atoms with Gasteiger partial charge in [0, 0.05) is 29.5 Å². The van der Waals surface area contributed by atoms with Crippen LogP contribution in [0.2, 0.25) is 0 Å². The second-order valence-electron chi connectivity index (χ2n) is 10.8. The molecule has 0 amide bonds. The molecule has 0 radical (unpaired) electrons. The first-order chi connectivity index (χ1) is 16.1. The van der Waals surface area contributed by atoms with Gasteiger partial charge in [-0.25, -0.2) is 13.6 Å². The molecule has 1 saturated heterocycles. The van der Waals surface area contributed by atoms with E-state index in [2.05, 4.69) is 64.2 Å². The van der Waals surface area contributed by atoms with E-state index >= 15 is 0 Å². The number of rotatable bonds is 8. The van der Waals surface area contributed by atoms with Crippen LogP contribution in [0.4, 0.5) is 0 Å². The lowest BCUT2D eigenvalue weighted by Crippen LogP contribution is -2.51. The number of nitrogens with zero attached hydrogens (tertiary/aromatic N) is 1. The number of hydrogen-bond donors (Lipinski definition) is 2. The predicted molar refractivity (Wildman–Crippen MR) is 139 cm³/mol. The van der Waals surface area contributed by atoms with Crippen molar-refractivity contribution in [3.8, 4) is 0 Å². The van der Waals surface area contributed by atoms with Crippen LogP contribution in [-0.4, -0.2) is 43.7 Å². The van der Waals surface area contributed by atoms with Crippen LogP contribution in [0.3, 0.4) is 0 Å². The van der Waals surface area contributed by atoms with E-state index in [1.54, 1.807) is 0 Å². The number of β-amino-alcohol motifs (C(OH)–C–C–N with tert-alkyl or cyclic N) is 1. The summed E-state index contributed by atoms with van der Waals surface area (Å²) in [6, 6.07) is 16.6. The molecule has 3 unspecified atom stereocenters. The molecule has 2 aliphatic carbocycles. The minimum Gasteiger partial charge on any atom is -0.389 e. The molecular weight excluding hydrogens is 512 g/mol. The van der Waals surface area contributed by atoms with Crippen molar-refractivity contribution in [2.45, 2.75) is 61.7 Å². The molecule has 0 bridgehead atoms. The van der Waals surface area contributed by atoms with Crippen LogP contribution in [0.15, 0.2) is 53.0 Å². The number of nitrogens with two attached hydrogens (primary N) is 1. The van der Waals surface area contributed by atoms with Crippen LogP contribution in [0.5, 0.6) is 0 Å². The molecule has 0 spiro atoms. The van der Waals surface area contributed by atoms with Gasteiger partial charge in [-0.05, 0) is 72.3 Å². The summed E-state index contributed by atoms with van der Waals surface area (Å²) in [7, 11) is -3.63. The Hall–Kier alpha value is -1.25. The van der Waals surface area contributed by atoms with Gasteiger partial charge in [-0.15, -0.1) is 0 Å². The highest BCUT2D eigenvalue weighted by Gasteiger charge is 2.67. The Morgan fingerprint density at radius 1 is 1.12 bits per heavy atom. The average molecular weight is 548 g/mol. The second-order valence-corrected chi connectivity index (χ2v) is 13.5. The summed E-state index contributed by atoms with van der Waals surface area (Å²) in [6.07, 6.45) is 3.17. The molecule has 184 valence electrons. The van der Waals surface area contributed by atoms with Crippen molar-refractivity contribution < 1.29 is 13.5 Å². The summed E-state index contributed by atoms with van der Waals surface area (Å²) in [5.74, 6) is 1.57. The zero-order chi connectivity index (χ0) is 24.3. The molecule has 5 rings (SSSR count). The summed E-state index contributed by atoms with van der Waals surface area (Å²) in [4.78, 5) is 2.45. The molecule has 34 heavy (non-hydrogen) atoms. The SMILES string of the molecule is CCC(c1cccc(C2(CC)C3CN(CC4(O)CC(c5ccc(Br)cc5)C4)CC32)c1)S(N)(=O)=O. The van der Waals surface area contributed by atoms with Crippen molar-refractivity contribution in [1.29, 1.82) is 0 Å². The zero-order valence-electron chi connectivity index (χ0n) is 20.0. The maximum absolute atomic E-state index is 12.1. The first kappa shape index (κ1) is 24.4. The number of primary sulfonamides is 1. The van der Waals surface area contributed by atoms with Crippen LogP contribution in [0, 0.1) is 11.8 Å². The molecular formula is C27H35BrN2O3S. The van der Waals surface area contributed by atoms with Gasteiger partial charge in [0.15, 0.2) is 0 Å². The number of piperidine rings is 1. The third-order valence-electron chi connectivity index (χ3n) is 8.87. The fourth-order valence-electron chi connectivity index (χ4n) is 7.16. The van der Waals surface area contributed by atoms with Gasteiger partial charge in [-0.1, -0.05) is 66.2 Å². The van der Waals surface area contributed by atoms with Gasteiger partial charge in [0.1, 0.15) is 0 Å². The smallest absolute Gasteiger partial charge is 0.216 e. The van der Waals surface area contributed by atoms with E-state index in [0.717, 1.165) is 48.9 Å². The van der Waals surface area contributed by atoms with Gasteiger partial charge in [0.05, 0.1) is 10.9 Å². The maximum atomic E-state index is 12.1. The molecule has 3 fully saturated rings. The van der Waals surface area contributed by atoms with Gasteiger partial charge in [0.2, 0.25) is 10.0 Å². The monoisotopic (exact) mass is 546 g/mol. The topological polar surface area (TPSA) is 83.6 Å². The van der Waals surface area contributed by atoms with Crippen LogP contribution >= 0.6 is 15.9 Å². The average Bonchev–Trinajstić information content (AvgIpc) is 3.15. The van der Waals surface area contributed by atoms with Crippen molar-refractivity contribution >= 4 is 26.0 Å². The highest BCUT2D eigenvalue weighted by Crippen LogP contribution is 2.66. The lowest BCUT2D eigenvalue weighted by atomic mass is 9.67. The van der Waals surface area contributed by atoms with E-state index in [-0.39, 0.29) is 5.41 Å². The number of sulfonamides is 1. The Labute approximate surface area is 211 Å². The number of benzene rings is 2. The summed E-state index contributed by atoms with van der Waals surface area (Å²) in [6.45, 7) is 6.86. The zero-order valence-corrected chi connectivity index (χ0v) is 22.4. The highest BCUT2D eigenvalue weighted by atomic mass is 79.9. The summed E-state index contributed by atoms with van der Waals surface area (Å²) in [5.41, 5.74) is 2.90. The molecule has 1 heterocycles. The van der Waals surface area contributed by atoms with Crippen molar-refractivity contribution in [3.05, 3.63) is 69.7 Å². The first-order valence-corrected chi connectivity index (χ1v) is 14.8. The number of aliphatic hydroxyl groups is 1. The molecule has 1 aliphatic heterocycles. The Kier molecular flexibility index (Phi) is 6.25. The number of fused-ring (bicyclic) bond motifs is 1. The minimum atomic E-state index is -3.63. The Bertz CT molecular complexity index is 1150. The van der Waals surface area contributed by atoms with E-state index in [1.165, 1.54) is 11.1 Å². The maximum Gasteiger partial charge on any atom is 0.216 e. The van der Waals surface area contributed by atoms with Crippen molar-refractivity contribution in [2.75, 3.05) is 19.6 Å². The lowest BCUT2D eigenvalue weighted by molar-refractivity contribution is -0.0712. The summed E-state index contributed by atoms with van der Waals surface area (Å²) in [5, 5.41) is 16.0. The molecule has 2 aromatic rings. The van der Waals surface area contributed by atoms with Crippen molar-refractivity contribution in [1.82, 2.24) is 4.90 Å². The van der Waals surface area contributed by atoms with E-state index in [1.807, 2.05) is 19.1 Å². The molecule has 3 aliphatic rings. The molecule has 3 N–H and O–H groups in total. The van der Waals surface area contributed by atoms with Gasteiger partial charge < -0.3 is 5.11 Å². The number of likely N-dealkylation sites (tertiary alicyclic amines) is 1. The normalized spacial score (nSPS) is 33.9. The van der Waals surface area contributed by atoms with E-state index in [9.17, 15) is 13.5 Å². The van der Waals surface area contributed by atoms with E-state index in [0.29, 0.717) is 24.2 Å². The molecule has 7 heteroatoms. The Morgan fingerprint density at radius 3 is 2.32 bits per heavy atom. The molecule has 3 atom stereocenters. The quantitative estimate of drug-likeness (QED) is 0.502. The van der Waals surface area contributed by atoms with Gasteiger partial charge >= 0.3 is 0 Å². The summed E-state index contributed by atoms with van der Waals surface area (Å²) >= 11 is 3.49. The summed E-state index contributed by atoms with van der Waals surface area (Å²) < 4.78 is 25.3. The molecule has 2 aromatic carbocycles. The Balaban J connectivity index is 1.23. The lowest BCUT2D eigenvalue weighted by Gasteiger charge is -2.46. The Morgan fingerprint density at radius 2 is 1.76 bits per heavy atom. The minimum absolute atomic E-state index is 0.116.